The molecule has 0 atom stereocenters. The number of rotatable bonds is 10. The summed E-state index contributed by atoms with van der Waals surface area (Å²) in [6.45, 7) is 13.1. The number of benzene rings is 2. The molecule has 2 heteroatoms. The summed E-state index contributed by atoms with van der Waals surface area (Å²) >= 11 is 0. The second-order valence-corrected chi connectivity index (χ2v) is 7.77. The van der Waals surface area contributed by atoms with Crippen molar-refractivity contribution in [2.45, 2.75) is 40.7 Å². The van der Waals surface area contributed by atoms with E-state index in [0.717, 1.165) is 32.6 Å². The lowest BCUT2D eigenvalue weighted by Gasteiger charge is -2.11. The molecule has 0 aliphatic heterocycles. The van der Waals surface area contributed by atoms with Gasteiger partial charge in [0.05, 0.1) is 0 Å². The highest BCUT2D eigenvalue weighted by Crippen LogP contribution is 2.22. The first-order valence-corrected chi connectivity index (χ1v) is 9.64. The molecule has 0 aliphatic carbocycles. The van der Waals surface area contributed by atoms with E-state index in [-0.39, 0.29) is 0 Å². The van der Waals surface area contributed by atoms with E-state index in [1.165, 1.54) is 22.3 Å². The molecule has 25 heavy (non-hydrogen) atoms. The molecule has 0 spiro atoms. The molecule has 0 unspecified atom stereocenters. The molecule has 0 heterocycles. The Kier molecular flexibility index (Phi) is 8.17. The fraction of sp³-hybridized carbons (Fsp3) is 0.478. The van der Waals surface area contributed by atoms with Crippen molar-refractivity contribution >= 4 is 0 Å². The van der Waals surface area contributed by atoms with Gasteiger partial charge in [0, 0.05) is 6.54 Å². The summed E-state index contributed by atoms with van der Waals surface area (Å²) in [4.78, 5) is 0. The molecule has 0 saturated carbocycles. The molecular weight excluding hydrogens is 304 g/mol. The minimum Gasteiger partial charge on any atom is -0.316 e. The molecule has 2 rings (SSSR count). The van der Waals surface area contributed by atoms with Gasteiger partial charge in [-0.1, -0.05) is 70.2 Å². The zero-order valence-electron chi connectivity index (χ0n) is 16.3. The molecule has 2 aromatic rings. The summed E-state index contributed by atoms with van der Waals surface area (Å²) in [6, 6.07) is 17.8. The van der Waals surface area contributed by atoms with Gasteiger partial charge in [-0.05, 0) is 66.2 Å². The zero-order chi connectivity index (χ0) is 18.1. The first kappa shape index (κ1) is 19.7. The topological polar surface area (TPSA) is 24.1 Å². The van der Waals surface area contributed by atoms with Crippen LogP contribution in [-0.2, 0) is 13.0 Å². The van der Waals surface area contributed by atoms with E-state index < -0.39 is 0 Å². The third-order valence-electron chi connectivity index (χ3n) is 4.21. The fourth-order valence-electron chi connectivity index (χ4n) is 2.90. The van der Waals surface area contributed by atoms with Crippen molar-refractivity contribution in [2.24, 2.45) is 11.8 Å². The lowest BCUT2D eigenvalue weighted by molar-refractivity contribution is 0.552. The Hall–Kier alpha value is -1.64. The summed E-state index contributed by atoms with van der Waals surface area (Å²) in [5.74, 6) is 1.39. The number of nitrogens with one attached hydrogen (secondary N) is 2. The smallest absolute Gasteiger partial charge is 0.0205 e. The molecule has 2 nitrogen and oxygen atoms in total. The van der Waals surface area contributed by atoms with E-state index in [1.807, 2.05) is 0 Å². The molecule has 0 amide bonds. The van der Waals surface area contributed by atoms with Gasteiger partial charge in [-0.2, -0.15) is 0 Å². The molecule has 0 bridgehead atoms. The third-order valence-corrected chi connectivity index (χ3v) is 4.21. The van der Waals surface area contributed by atoms with Gasteiger partial charge in [-0.3, -0.25) is 0 Å². The van der Waals surface area contributed by atoms with Crippen molar-refractivity contribution in [1.29, 1.82) is 0 Å². The Morgan fingerprint density at radius 1 is 0.720 bits per heavy atom. The maximum atomic E-state index is 3.53. The molecule has 0 radical (unpaired) electrons. The predicted molar refractivity (Wildman–Crippen MR) is 110 cm³/mol. The van der Waals surface area contributed by atoms with Crippen molar-refractivity contribution in [3.8, 4) is 11.1 Å². The van der Waals surface area contributed by atoms with E-state index >= 15 is 0 Å². The maximum Gasteiger partial charge on any atom is 0.0205 e. The molecule has 0 fully saturated rings. The van der Waals surface area contributed by atoms with Crippen LogP contribution in [0.3, 0.4) is 0 Å². The van der Waals surface area contributed by atoms with Crippen LogP contribution in [0.4, 0.5) is 0 Å². The van der Waals surface area contributed by atoms with Crippen LogP contribution in [0, 0.1) is 11.8 Å². The Morgan fingerprint density at radius 3 is 1.92 bits per heavy atom. The van der Waals surface area contributed by atoms with Gasteiger partial charge in [0.25, 0.3) is 0 Å². The van der Waals surface area contributed by atoms with Crippen molar-refractivity contribution in [1.82, 2.24) is 10.6 Å². The van der Waals surface area contributed by atoms with Crippen LogP contribution in [0.15, 0.2) is 48.5 Å². The van der Waals surface area contributed by atoms with Gasteiger partial charge in [0.15, 0.2) is 0 Å². The summed E-state index contributed by atoms with van der Waals surface area (Å²) in [6.07, 6.45) is 1.08. The van der Waals surface area contributed by atoms with E-state index in [9.17, 15) is 0 Å². The third kappa shape index (κ3) is 7.41. The lowest BCUT2D eigenvalue weighted by Crippen LogP contribution is -2.22. The van der Waals surface area contributed by atoms with Gasteiger partial charge >= 0.3 is 0 Å². The molecular formula is C23H34N2. The van der Waals surface area contributed by atoms with Crippen LogP contribution >= 0.6 is 0 Å². The lowest BCUT2D eigenvalue weighted by atomic mass is 10.00. The van der Waals surface area contributed by atoms with E-state index in [4.69, 9.17) is 0 Å². The predicted octanol–water partition coefficient (Wildman–Crippen LogP) is 4.89. The summed E-state index contributed by atoms with van der Waals surface area (Å²) in [7, 11) is 0. The van der Waals surface area contributed by atoms with Crippen LogP contribution in [0.2, 0.25) is 0 Å². The van der Waals surface area contributed by atoms with E-state index in [2.05, 4.69) is 86.9 Å². The SMILES string of the molecule is CC(C)CNCCc1cccc(-c2cccc(CNCC(C)C)c2)c1. The Bertz CT molecular complexity index is 631. The highest BCUT2D eigenvalue weighted by atomic mass is 14.9. The minimum absolute atomic E-state index is 0.684. The molecule has 136 valence electrons. The molecule has 0 aliphatic rings. The highest BCUT2D eigenvalue weighted by molar-refractivity contribution is 5.65. The summed E-state index contributed by atoms with van der Waals surface area (Å²) in [5.41, 5.74) is 5.37. The Labute approximate surface area is 154 Å². The first-order valence-electron chi connectivity index (χ1n) is 9.64. The van der Waals surface area contributed by atoms with Crippen molar-refractivity contribution in [3.05, 3.63) is 59.7 Å². The van der Waals surface area contributed by atoms with Gasteiger partial charge in [-0.15, -0.1) is 0 Å². The normalized spacial score (nSPS) is 11.4. The standard InChI is InChI=1S/C23H34N2/c1-18(2)15-24-12-11-20-7-5-9-22(13-20)23-10-6-8-21(14-23)17-25-16-19(3)4/h5-10,13-14,18-19,24-25H,11-12,15-17H2,1-4H3. The Balaban J connectivity index is 1.97. The van der Waals surface area contributed by atoms with Gasteiger partial charge in [-0.25, -0.2) is 0 Å². The quantitative estimate of drug-likeness (QED) is 0.603. The number of hydrogen-bond donors (Lipinski definition) is 2. The second-order valence-electron chi connectivity index (χ2n) is 7.77. The second kappa shape index (κ2) is 10.4. The molecule has 2 aromatic carbocycles. The summed E-state index contributed by atoms with van der Waals surface area (Å²) in [5, 5.41) is 7.05. The van der Waals surface area contributed by atoms with Crippen LogP contribution in [0.5, 0.6) is 0 Å². The van der Waals surface area contributed by atoms with Crippen LogP contribution in [-0.4, -0.2) is 19.6 Å². The minimum atomic E-state index is 0.684. The van der Waals surface area contributed by atoms with Crippen molar-refractivity contribution in [3.63, 3.8) is 0 Å². The van der Waals surface area contributed by atoms with Crippen LogP contribution < -0.4 is 10.6 Å². The highest BCUT2D eigenvalue weighted by Gasteiger charge is 2.02. The molecule has 0 saturated heterocycles. The van der Waals surface area contributed by atoms with E-state index in [1.54, 1.807) is 0 Å². The van der Waals surface area contributed by atoms with E-state index in [0.29, 0.717) is 11.8 Å². The summed E-state index contributed by atoms with van der Waals surface area (Å²) < 4.78 is 0. The van der Waals surface area contributed by atoms with Gasteiger partial charge < -0.3 is 10.6 Å². The monoisotopic (exact) mass is 338 g/mol. The fourth-order valence-corrected chi connectivity index (χ4v) is 2.90. The molecule has 0 aromatic heterocycles. The first-order chi connectivity index (χ1) is 12.0. The van der Waals surface area contributed by atoms with Gasteiger partial charge in [0.1, 0.15) is 0 Å². The van der Waals surface area contributed by atoms with Crippen molar-refractivity contribution in [2.75, 3.05) is 19.6 Å². The number of hydrogen-bond acceptors (Lipinski definition) is 2. The van der Waals surface area contributed by atoms with Gasteiger partial charge in [0.2, 0.25) is 0 Å². The molecule has 2 N–H and O–H groups in total. The zero-order valence-corrected chi connectivity index (χ0v) is 16.3. The van der Waals surface area contributed by atoms with Crippen LogP contribution in [0.1, 0.15) is 38.8 Å². The Morgan fingerprint density at radius 2 is 1.28 bits per heavy atom. The largest absolute Gasteiger partial charge is 0.316 e. The maximum absolute atomic E-state index is 3.53. The average Bonchev–Trinajstić information content (AvgIpc) is 2.59. The average molecular weight is 339 g/mol. The van der Waals surface area contributed by atoms with Crippen LogP contribution in [0.25, 0.3) is 11.1 Å². The van der Waals surface area contributed by atoms with Crippen molar-refractivity contribution < 1.29 is 0 Å².